The molecule has 0 heterocycles. The Morgan fingerprint density at radius 1 is 1.83 bits per heavy atom. The number of rotatable bonds is 2. The zero-order chi connectivity index (χ0) is 4.99. The van der Waals surface area contributed by atoms with Crippen LogP contribution in [0.4, 0.5) is 0 Å². The summed E-state index contributed by atoms with van der Waals surface area (Å²) in [4.78, 5) is 0. The molecule has 0 rings (SSSR count). The Kier molecular flexibility index (Phi) is 5.27. The molecule has 32 valence electrons. The van der Waals surface area contributed by atoms with Crippen molar-refractivity contribution in [2.75, 3.05) is 0 Å². The third kappa shape index (κ3) is 5.22. The average molecular weight is 154 g/mol. The summed E-state index contributed by atoms with van der Waals surface area (Å²) in [6.07, 6.45) is 1.24. The van der Waals surface area contributed by atoms with E-state index in [1.165, 1.54) is 12.5 Å². The quantitative estimate of drug-likeness (QED) is 0.419. The Labute approximate surface area is 55.2 Å². The fourth-order valence-electron chi connectivity index (χ4n) is 0.219. The molecule has 0 nitrogen and oxygen atoms in total. The van der Waals surface area contributed by atoms with Crippen LogP contribution in [0.2, 0.25) is 6.04 Å². The summed E-state index contributed by atoms with van der Waals surface area (Å²) in [6, 6.07) is 1.24. The third-order valence-electron chi connectivity index (χ3n) is 0.469. The molecule has 0 amide bonds. The molecule has 0 saturated heterocycles. The maximum atomic E-state index is 5.68. The number of hydrogen-bond acceptors (Lipinski definition) is 0. The monoisotopic (exact) mass is 154 g/mol. The molecule has 3 heteroatoms. The van der Waals surface area contributed by atoms with Gasteiger partial charge >= 0.3 is 55.1 Å². The summed E-state index contributed by atoms with van der Waals surface area (Å²) < 4.78 is 0. The van der Waals surface area contributed by atoms with Gasteiger partial charge in [0.25, 0.3) is 0 Å². The molecule has 0 unspecified atom stereocenters. The van der Waals surface area contributed by atoms with Crippen LogP contribution in [0.5, 0.6) is 0 Å². The predicted octanol–water partition coefficient (Wildman–Crippen LogP) is 1.67. The zero-order valence-electron chi connectivity index (χ0n) is 3.79. The van der Waals surface area contributed by atoms with Crippen LogP contribution in [-0.4, -0.2) is 5.50 Å². The minimum absolute atomic E-state index is 0.413. The molecule has 0 aliphatic carbocycles. The molecule has 0 aromatic carbocycles. The van der Waals surface area contributed by atoms with Crippen molar-refractivity contribution in [1.29, 1.82) is 0 Å². The van der Waals surface area contributed by atoms with Crippen LogP contribution in [0.25, 0.3) is 0 Å². The molecule has 0 N–H and O–H groups in total. The van der Waals surface area contributed by atoms with E-state index >= 15 is 0 Å². The third-order valence-corrected chi connectivity index (χ3v) is 3.15. The molecule has 0 aromatic heterocycles. The molecular weight excluding hydrogens is 147 g/mol. The van der Waals surface area contributed by atoms with E-state index < -0.39 is 5.50 Å². The van der Waals surface area contributed by atoms with Crippen molar-refractivity contribution >= 4 is 16.6 Å². The number of hydrogen-bond donors (Lipinski definition) is 0. The summed E-state index contributed by atoms with van der Waals surface area (Å²) in [7, 11) is 0. The van der Waals surface area contributed by atoms with Crippen LogP contribution < -0.4 is 0 Å². The molecule has 0 atom stereocenters. The maximum absolute atomic E-state index is 5.68. The first-order valence-electron chi connectivity index (χ1n) is 2.00. The van der Waals surface area contributed by atoms with Gasteiger partial charge in [0.1, 0.15) is 0 Å². The molecule has 0 radical (unpaired) electrons. The predicted molar refractivity (Wildman–Crippen MR) is 26.7 cm³/mol. The summed E-state index contributed by atoms with van der Waals surface area (Å²) >= 11 is 7.80. The second-order valence-corrected chi connectivity index (χ2v) is 8.15. The van der Waals surface area contributed by atoms with Crippen molar-refractivity contribution in [2.24, 2.45) is 0 Å². The molecule has 0 aromatic rings. The zero-order valence-corrected chi connectivity index (χ0v) is 7.11. The van der Waals surface area contributed by atoms with E-state index in [0.29, 0.717) is 0 Å². The Balaban J connectivity index is 2.83. The summed E-state index contributed by atoms with van der Waals surface area (Å²) in [5.41, 5.74) is -0.413. The van der Waals surface area contributed by atoms with Gasteiger partial charge in [-0.25, -0.2) is 0 Å². The first-order chi connectivity index (χ1) is 2.77. The topological polar surface area (TPSA) is 0 Å². The van der Waals surface area contributed by atoms with E-state index in [9.17, 15) is 0 Å². The van der Waals surface area contributed by atoms with Gasteiger partial charge in [-0.15, -0.1) is 0 Å². The van der Waals surface area contributed by atoms with Crippen molar-refractivity contribution in [3.63, 3.8) is 0 Å². The SMILES string of the molecule is CCC[Si](Cl)=[Ti+2]. The summed E-state index contributed by atoms with van der Waals surface area (Å²) in [5.74, 6) is 0. The molecule has 0 saturated carbocycles. The van der Waals surface area contributed by atoms with E-state index in [2.05, 4.69) is 26.1 Å². The van der Waals surface area contributed by atoms with E-state index in [4.69, 9.17) is 11.1 Å². The Morgan fingerprint density at radius 2 is 2.33 bits per heavy atom. The van der Waals surface area contributed by atoms with Crippen LogP contribution >= 0.6 is 11.1 Å². The van der Waals surface area contributed by atoms with Gasteiger partial charge in [-0.1, -0.05) is 0 Å². The molecule has 0 spiro atoms. The van der Waals surface area contributed by atoms with Crippen molar-refractivity contribution in [1.82, 2.24) is 0 Å². The molecule has 0 aliphatic heterocycles. The van der Waals surface area contributed by atoms with E-state index in [-0.39, 0.29) is 0 Å². The van der Waals surface area contributed by atoms with Crippen LogP contribution in [0.3, 0.4) is 0 Å². The van der Waals surface area contributed by atoms with Crippen molar-refractivity contribution in [3.8, 4) is 0 Å². The molecule has 0 aliphatic rings. The van der Waals surface area contributed by atoms with Crippen LogP contribution in [0.15, 0.2) is 0 Å². The summed E-state index contributed by atoms with van der Waals surface area (Å²) in [6.45, 7) is 2.16. The molecule has 0 fully saturated rings. The van der Waals surface area contributed by atoms with Gasteiger partial charge in [0.2, 0.25) is 0 Å². The second-order valence-electron chi connectivity index (χ2n) is 1.15. The minimum atomic E-state index is -0.413. The standard InChI is InChI=1S/C3H7ClSi.Ti/c1-2-3-5-4;/h2-3H2,1H3;/q;+2. The van der Waals surface area contributed by atoms with Crippen molar-refractivity contribution in [3.05, 3.63) is 0 Å². The van der Waals surface area contributed by atoms with Crippen LogP contribution in [0.1, 0.15) is 13.3 Å². The molecule has 0 bridgehead atoms. The summed E-state index contributed by atoms with van der Waals surface area (Å²) in [5, 5.41) is 0. The Morgan fingerprint density at radius 3 is 2.33 bits per heavy atom. The first kappa shape index (κ1) is 7.22. The Bertz CT molecular complexity index is 54.8. The van der Waals surface area contributed by atoms with Crippen molar-refractivity contribution < 1.29 is 19.2 Å². The second kappa shape index (κ2) is 4.38. The van der Waals surface area contributed by atoms with E-state index in [1.807, 2.05) is 0 Å². The van der Waals surface area contributed by atoms with Crippen LogP contribution in [0, 0.1) is 0 Å². The van der Waals surface area contributed by atoms with Gasteiger partial charge in [-0.3, -0.25) is 0 Å². The van der Waals surface area contributed by atoms with E-state index in [1.54, 1.807) is 0 Å². The average Bonchev–Trinajstić information content (AvgIpc) is 1.35. The van der Waals surface area contributed by atoms with Gasteiger partial charge in [0, 0.05) is 0 Å². The Hall–Kier alpha value is 1.22. The fourth-order valence-corrected chi connectivity index (χ4v) is 2.40. The first-order valence-corrected chi connectivity index (χ1v) is 7.06. The van der Waals surface area contributed by atoms with Gasteiger partial charge in [0.15, 0.2) is 0 Å². The van der Waals surface area contributed by atoms with E-state index in [0.717, 1.165) is 0 Å². The number of halogens is 1. The van der Waals surface area contributed by atoms with Gasteiger partial charge in [0.05, 0.1) is 0 Å². The van der Waals surface area contributed by atoms with Gasteiger partial charge in [-0.05, 0) is 0 Å². The van der Waals surface area contributed by atoms with Crippen molar-refractivity contribution in [2.45, 2.75) is 19.4 Å². The van der Waals surface area contributed by atoms with Gasteiger partial charge < -0.3 is 0 Å². The van der Waals surface area contributed by atoms with Crippen LogP contribution in [-0.2, 0) is 19.2 Å². The van der Waals surface area contributed by atoms with Gasteiger partial charge in [-0.2, -0.15) is 0 Å². The molecule has 6 heavy (non-hydrogen) atoms. The fraction of sp³-hybridized carbons (Fsp3) is 1.00. The molecular formula is C3H7ClSiTi+2. The normalized spacial score (nSPS) is 8.67.